The smallest absolute Gasteiger partial charge is 0.243 e. The number of nitrogens with one attached hydrogen (secondary N) is 1. The monoisotopic (exact) mass is 404 g/mol. The van der Waals surface area contributed by atoms with E-state index in [0.717, 1.165) is 16.3 Å². The number of hydrogen-bond acceptors (Lipinski definition) is 4. The van der Waals surface area contributed by atoms with E-state index in [2.05, 4.69) is 19.2 Å². The van der Waals surface area contributed by atoms with Gasteiger partial charge in [-0.2, -0.15) is 4.31 Å². The molecule has 0 fully saturated rings. The molecule has 1 N–H and O–H groups in total. The average molecular weight is 405 g/mol. The lowest BCUT2D eigenvalue weighted by Gasteiger charge is -2.23. The highest BCUT2D eigenvalue weighted by molar-refractivity contribution is 7.89. The first-order chi connectivity index (χ1) is 13.2. The largest absolute Gasteiger partial charge is 0.497 e. The lowest BCUT2D eigenvalue weighted by molar-refractivity contribution is -0.122. The van der Waals surface area contributed by atoms with Crippen molar-refractivity contribution < 1.29 is 17.9 Å². The van der Waals surface area contributed by atoms with Crippen LogP contribution in [0.5, 0.6) is 5.75 Å². The maximum Gasteiger partial charge on any atom is 0.243 e. The molecule has 1 amide bonds. The predicted octanol–water partition coefficient (Wildman–Crippen LogP) is 3.22. The minimum Gasteiger partial charge on any atom is -0.497 e. The number of nitrogens with zero attached hydrogens (tertiary/aromatic N) is 1. The maximum absolute atomic E-state index is 12.7. The Bertz CT molecular complexity index is 865. The van der Waals surface area contributed by atoms with Gasteiger partial charge < -0.3 is 10.1 Å². The van der Waals surface area contributed by atoms with Gasteiger partial charge in [-0.05, 0) is 42.2 Å². The minimum absolute atomic E-state index is 0.116. The zero-order chi connectivity index (χ0) is 20.7. The van der Waals surface area contributed by atoms with Crippen LogP contribution in [0.1, 0.15) is 31.9 Å². The summed E-state index contributed by atoms with van der Waals surface area (Å²) in [7, 11) is -0.849. The van der Waals surface area contributed by atoms with E-state index < -0.39 is 10.0 Å². The Morgan fingerprint density at radius 3 is 2.21 bits per heavy atom. The number of likely N-dealkylation sites (N-methyl/N-ethyl adjacent to an activating group) is 1. The van der Waals surface area contributed by atoms with Gasteiger partial charge in [0.25, 0.3) is 0 Å². The topological polar surface area (TPSA) is 75.7 Å². The van der Waals surface area contributed by atoms with Crippen molar-refractivity contribution in [1.29, 1.82) is 0 Å². The van der Waals surface area contributed by atoms with Crippen LogP contribution in [0.3, 0.4) is 0 Å². The van der Waals surface area contributed by atoms with Gasteiger partial charge in [-0.1, -0.05) is 44.2 Å². The Labute approximate surface area is 167 Å². The van der Waals surface area contributed by atoms with Crippen LogP contribution >= 0.6 is 0 Å². The molecule has 0 aromatic heterocycles. The quantitative estimate of drug-likeness (QED) is 0.696. The van der Waals surface area contributed by atoms with E-state index >= 15 is 0 Å². The van der Waals surface area contributed by atoms with E-state index in [4.69, 9.17) is 4.74 Å². The van der Waals surface area contributed by atoms with Gasteiger partial charge in [0.15, 0.2) is 0 Å². The second kappa shape index (κ2) is 9.71. The van der Waals surface area contributed by atoms with Crippen LogP contribution in [0.2, 0.25) is 0 Å². The van der Waals surface area contributed by atoms with Crippen molar-refractivity contribution in [2.75, 3.05) is 20.7 Å². The van der Waals surface area contributed by atoms with Gasteiger partial charge in [0, 0.05) is 7.05 Å². The molecule has 0 saturated carbocycles. The molecule has 28 heavy (non-hydrogen) atoms. The molecule has 2 rings (SSSR count). The second-order valence-corrected chi connectivity index (χ2v) is 9.14. The molecule has 0 heterocycles. The molecule has 0 saturated heterocycles. The summed E-state index contributed by atoms with van der Waals surface area (Å²) in [5, 5.41) is 2.97. The van der Waals surface area contributed by atoms with Crippen molar-refractivity contribution in [3.05, 3.63) is 60.2 Å². The number of rotatable bonds is 9. The van der Waals surface area contributed by atoms with Gasteiger partial charge in [-0.25, -0.2) is 8.42 Å². The molecule has 0 aliphatic heterocycles. The molecule has 152 valence electrons. The van der Waals surface area contributed by atoms with E-state index in [9.17, 15) is 13.2 Å². The van der Waals surface area contributed by atoms with Crippen LogP contribution in [0.25, 0.3) is 0 Å². The van der Waals surface area contributed by atoms with Crippen LogP contribution in [-0.2, 0) is 14.8 Å². The molecule has 2 aromatic rings. The summed E-state index contributed by atoms with van der Waals surface area (Å²) in [5.74, 6) is 0.610. The molecule has 6 nitrogen and oxygen atoms in total. The fourth-order valence-corrected chi connectivity index (χ4v) is 4.02. The Kier molecular flexibility index (Phi) is 7.60. The fourth-order valence-electron chi connectivity index (χ4n) is 2.89. The van der Waals surface area contributed by atoms with Crippen molar-refractivity contribution in [2.24, 2.45) is 5.92 Å². The van der Waals surface area contributed by atoms with Crippen molar-refractivity contribution >= 4 is 15.9 Å². The third-order valence-corrected chi connectivity index (χ3v) is 6.20. The zero-order valence-electron chi connectivity index (χ0n) is 16.8. The Morgan fingerprint density at radius 2 is 1.68 bits per heavy atom. The molecular weight excluding hydrogens is 376 g/mol. The lowest BCUT2D eigenvalue weighted by Crippen LogP contribution is -2.40. The molecule has 0 aliphatic rings. The van der Waals surface area contributed by atoms with Crippen LogP contribution < -0.4 is 10.1 Å². The SMILES string of the molecule is COc1ccc(S(=O)(=O)N(C)CC(=O)NC(CC(C)C)c2ccccc2)cc1. The van der Waals surface area contributed by atoms with Crippen molar-refractivity contribution in [2.45, 2.75) is 31.2 Å². The molecule has 0 bridgehead atoms. The van der Waals surface area contributed by atoms with Crippen LogP contribution in [0.15, 0.2) is 59.5 Å². The normalized spacial score (nSPS) is 12.8. The average Bonchev–Trinajstić information content (AvgIpc) is 2.67. The molecule has 0 spiro atoms. The number of sulfonamides is 1. The van der Waals surface area contributed by atoms with E-state index in [1.807, 2.05) is 30.3 Å². The van der Waals surface area contributed by atoms with Gasteiger partial charge in [0.1, 0.15) is 5.75 Å². The van der Waals surface area contributed by atoms with Crippen molar-refractivity contribution in [3.8, 4) is 5.75 Å². The molecular formula is C21H28N2O4S. The third-order valence-electron chi connectivity index (χ3n) is 4.38. The summed E-state index contributed by atoms with van der Waals surface area (Å²) in [6.45, 7) is 3.92. The Balaban J connectivity index is 2.08. The van der Waals surface area contributed by atoms with Gasteiger partial charge in [0.2, 0.25) is 15.9 Å². The highest BCUT2D eigenvalue weighted by Gasteiger charge is 2.24. The van der Waals surface area contributed by atoms with E-state index in [1.54, 1.807) is 12.1 Å². The molecule has 0 radical (unpaired) electrons. The number of benzene rings is 2. The minimum atomic E-state index is -3.77. The standard InChI is InChI=1S/C21H28N2O4S/c1-16(2)14-20(17-8-6-5-7-9-17)22-21(24)15-23(3)28(25,26)19-12-10-18(27-4)11-13-19/h5-13,16,20H,14-15H2,1-4H3,(H,22,24). The first kappa shape index (κ1) is 21.9. The van der Waals surface area contributed by atoms with Gasteiger partial charge >= 0.3 is 0 Å². The highest BCUT2D eigenvalue weighted by Crippen LogP contribution is 2.22. The predicted molar refractivity (Wildman–Crippen MR) is 110 cm³/mol. The number of methoxy groups -OCH3 is 1. The van der Waals surface area contributed by atoms with Gasteiger partial charge in [0.05, 0.1) is 24.6 Å². The molecule has 1 unspecified atom stereocenters. The first-order valence-corrected chi connectivity index (χ1v) is 10.6. The van der Waals surface area contributed by atoms with Gasteiger partial charge in [-0.15, -0.1) is 0 Å². The number of carbonyl (C=O) groups is 1. The molecule has 7 heteroatoms. The van der Waals surface area contributed by atoms with Crippen molar-refractivity contribution in [3.63, 3.8) is 0 Å². The van der Waals surface area contributed by atoms with Gasteiger partial charge in [-0.3, -0.25) is 4.79 Å². The molecule has 1 atom stereocenters. The van der Waals surface area contributed by atoms with E-state index in [0.29, 0.717) is 11.7 Å². The van der Waals surface area contributed by atoms with Crippen LogP contribution in [0.4, 0.5) is 0 Å². The van der Waals surface area contributed by atoms with E-state index in [1.165, 1.54) is 26.3 Å². The second-order valence-electron chi connectivity index (χ2n) is 7.10. The maximum atomic E-state index is 12.7. The summed E-state index contributed by atoms with van der Waals surface area (Å²) in [4.78, 5) is 12.7. The lowest BCUT2D eigenvalue weighted by atomic mass is 9.97. The summed E-state index contributed by atoms with van der Waals surface area (Å²) in [6, 6.07) is 15.6. The Morgan fingerprint density at radius 1 is 1.07 bits per heavy atom. The number of hydrogen-bond donors (Lipinski definition) is 1. The summed E-state index contributed by atoms with van der Waals surface area (Å²) >= 11 is 0. The fraction of sp³-hybridized carbons (Fsp3) is 0.381. The highest BCUT2D eigenvalue weighted by atomic mass is 32.2. The van der Waals surface area contributed by atoms with Crippen LogP contribution in [0, 0.1) is 5.92 Å². The van der Waals surface area contributed by atoms with Crippen molar-refractivity contribution in [1.82, 2.24) is 9.62 Å². The number of amides is 1. The van der Waals surface area contributed by atoms with E-state index in [-0.39, 0.29) is 23.4 Å². The summed E-state index contributed by atoms with van der Waals surface area (Å²) in [5.41, 5.74) is 1.00. The number of carbonyl (C=O) groups excluding carboxylic acids is 1. The third kappa shape index (κ3) is 5.81. The number of ether oxygens (including phenoxy) is 1. The zero-order valence-corrected chi connectivity index (χ0v) is 17.6. The summed E-state index contributed by atoms with van der Waals surface area (Å²) < 4.78 is 31.5. The Hall–Kier alpha value is -2.38. The molecule has 0 aliphatic carbocycles. The van der Waals surface area contributed by atoms with Crippen LogP contribution in [-0.4, -0.2) is 39.3 Å². The first-order valence-electron chi connectivity index (χ1n) is 9.18. The summed E-state index contributed by atoms with van der Waals surface area (Å²) in [6.07, 6.45) is 0.769. The molecule has 2 aromatic carbocycles.